The summed E-state index contributed by atoms with van der Waals surface area (Å²) in [5, 5.41) is -0.233. The molecule has 31 heavy (non-hydrogen) atoms. The van der Waals surface area contributed by atoms with Crippen molar-refractivity contribution in [2.45, 2.75) is 76.8 Å². The van der Waals surface area contributed by atoms with Crippen molar-refractivity contribution in [3.8, 4) is 0 Å². The largest absolute Gasteiger partial charge is 0.498 e. The number of hydrogen-bond acceptors (Lipinski definition) is 8. The van der Waals surface area contributed by atoms with Crippen LogP contribution >= 0.6 is 0 Å². The van der Waals surface area contributed by atoms with Gasteiger partial charge in [-0.1, -0.05) is 0 Å². The molecule has 0 aromatic carbocycles. The van der Waals surface area contributed by atoms with Crippen molar-refractivity contribution < 1.29 is 27.3 Å². The quantitative estimate of drug-likeness (QED) is 0.502. The van der Waals surface area contributed by atoms with E-state index in [1.807, 2.05) is 27.7 Å². The smallest absolute Gasteiger partial charge is 0.444 e. The van der Waals surface area contributed by atoms with E-state index in [9.17, 15) is 13.2 Å². The molecule has 9 nitrogen and oxygen atoms in total. The molecule has 0 N–H and O–H groups in total. The summed E-state index contributed by atoms with van der Waals surface area (Å²) >= 11 is 0. The summed E-state index contributed by atoms with van der Waals surface area (Å²) < 4.78 is 42.9. The van der Waals surface area contributed by atoms with Gasteiger partial charge < -0.3 is 18.9 Å². The Morgan fingerprint density at radius 1 is 1.19 bits per heavy atom. The van der Waals surface area contributed by atoms with E-state index in [1.165, 1.54) is 12.4 Å². The summed E-state index contributed by atoms with van der Waals surface area (Å²) in [6.07, 6.45) is 3.04. The lowest BCUT2D eigenvalue weighted by Crippen LogP contribution is -2.41. The molecule has 2 aliphatic heterocycles. The summed E-state index contributed by atoms with van der Waals surface area (Å²) in [6.45, 7) is 14.0. The Balaban J connectivity index is 1.62. The van der Waals surface area contributed by atoms with Crippen LogP contribution in [0.3, 0.4) is 0 Å². The minimum absolute atomic E-state index is 0.123. The third-order valence-electron chi connectivity index (χ3n) is 5.84. The van der Waals surface area contributed by atoms with Gasteiger partial charge in [0.15, 0.2) is 0 Å². The normalized spacial score (nSPS) is 23.3. The van der Waals surface area contributed by atoms with Crippen molar-refractivity contribution in [3.05, 3.63) is 12.4 Å². The number of rotatable bonds is 4. The second-order valence-corrected chi connectivity index (χ2v) is 12.2. The number of aromatic nitrogens is 2. The Labute approximate surface area is 184 Å². The topological polar surface area (TPSA) is 108 Å². The van der Waals surface area contributed by atoms with Crippen LogP contribution in [0.4, 0.5) is 4.79 Å². The molecule has 0 aliphatic carbocycles. The summed E-state index contributed by atoms with van der Waals surface area (Å²) in [5.74, 6) is -0.314. The number of likely N-dealkylation sites (tertiary alicyclic amines) is 1. The highest BCUT2D eigenvalue weighted by Crippen LogP contribution is 2.36. The number of sulfone groups is 1. The van der Waals surface area contributed by atoms with Gasteiger partial charge >= 0.3 is 13.2 Å². The Kier molecular flexibility index (Phi) is 6.18. The number of hydrogen-bond donors (Lipinski definition) is 0. The summed E-state index contributed by atoms with van der Waals surface area (Å²) in [5.41, 5.74) is -1.04. The zero-order chi connectivity index (χ0) is 23.2. The molecule has 11 heteroatoms. The molecule has 172 valence electrons. The maximum Gasteiger partial charge on any atom is 0.498 e. The zero-order valence-corrected chi connectivity index (χ0v) is 20.2. The van der Waals surface area contributed by atoms with Crippen molar-refractivity contribution in [3.63, 3.8) is 0 Å². The van der Waals surface area contributed by atoms with Gasteiger partial charge in [-0.25, -0.2) is 23.2 Å². The van der Waals surface area contributed by atoms with Gasteiger partial charge in [-0.15, -0.1) is 0 Å². The van der Waals surface area contributed by atoms with Crippen LogP contribution in [0.15, 0.2) is 17.6 Å². The van der Waals surface area contributed by atoms with Gasteiger partial charge in [0, 0.05) is 30.9 Å². The molecular formula is C20H32BN3O6S. The molecule has 1 aromatic heterocycles. The van der Waals surface area contributed by atoms with Crippen LogP contribution in [0, 0.1) is 5.92 Å². The van der Waals surface area contributed by atoms with Gasteiger partial charge in [-0.05, 0) is 60.8 Å². The standard InChI is InChI=1S/C20H32BN3O6S/c1-18(2,3)28-17(25)24-9-8-14(12-24)13-31(26,27)16-22-10-15(11-23-16)21-29-19(4,5)20(6,7)30-21/h10-11,14H,8-9,12-13H2,1-7H3. The van der Waals surface area contributed by atoms with E-state index in [0.29, 0.717) is 25.0 Å². The van der Waals surface area contributed by atoms with Crippen molar-refractivity contribution >= 4 is 28.5 Å². The highest BCUT2D eigenvalue weighted by atomic mass is 32.2. The minimum atomic E-state index is -3.70. The highest BCUT2D eigenvalue weighted by molar-refractivity contribution is 7.91. The molecule has 0 saturated carbocycles. The van der Waals surface area contributed by atoms with Gasteiger partial charge in [0.2, 0.25) is 15.0 Å². The second kappa shape index (κ2) is 8.01. The zero-order valence-electron chi connectivity index (χ0n) is 19.3. The van der Waals surface area contributed by atoms with E-state index in [0.717, 1.165) is 0 Å². The first-order chi connectivity index (χ1) is 14.1. The molecular weight excluding hydrogens is 421 g/mol. The van der Waals surface area contributed by atoms with E-state index >= 15 is 0 Å². The monoisotopic (exact) mass is 453 g/mol. The lowest BCUT2D eigenvalue weighted by Gasteiger charge is -2.32. The van der Waals surface area contributed by atoms with Crippen LogP contribution < -0.4 is 5.46 Å². The minimum Gasteiger partial charge on any atom is -0.444 e. The van der Waals surface area contributed by atoms with Crippen LogP contribution in [0.1, 0.15) is 54.9 Å². The second-order valence-electron chi connectivity index (χ2n) is 10.2. The highest BCUT2D eigenvalue weighted by Gasteiger charge is 2.52. The molecule has 0 bridgehead atoms. The van der Waals surface area contributed by atoms with Gasteiger partial charge in [-0.3, -0.25) is 0 Å². The fourth-order valence-electron chi connectivity index (χ4n) is 3.43. The van der Waals surface area contributed by atoms with Gasteiger partial charge in [-0.2, -0.15) is 0 Å². The average molecular weight is 453 g/mol. The summed E-state index contributed by atoms with van der Waals surface area (Å²) in [4.78, 5) is 21.9. The van der Waals surface area contributed by atoms with E-state index in [2.05, 4.69) is 9.97 Å². The fourth-order valence-corrected chi connectivity index (χ4v) is 4.90. The molecule has 1 amide bonds. The fraction of sp³-hybridized carbons (Fsp3) is 0.750. The molecule has 0 radical (unpaired) electrons. The van der Waals surface area contributed by atoms with Crippen molar-refractivity contribution in [2.24, 2.45) is 5.92 Å². The predicted octanol–water partition coefficient (Wildman–Crippen LogP) is 1.81. The van der Waals surface area contributed by atoms with E-state index in [-0.39, 0.29) is 16.8 Å². The number of carbonyl (C=O) groups is 1. The number of amides is 1. The summed E-state index contributed by atoms with van der Waals surface area (Å²) in [7, 11) is -4.35. The van der Waals surface area contributed by atoms with Crippen LogP contribution in [0.5, 0.6) is 0 Å². The predicted molar refractivity (Wildman–Crippen MR) is 116 cm³/mol. The molecule has 2 saturated heterocycles. The first-order valence-electron chi connectivity index (χ1n) is 10.5. The van der Waals surface area contributed by atoms with Crippen LogP contribution in [0.2, 0.25) is 0 Å². The van der Waals surface area contributed by atoms with Gasteiger partial charge in [0.05, 0.1) is 17.0 Å². The first kappa shape index (κ1) is 23.9. The third kappa shape index (κ3) is 5.38. The lowest BCUT2D eigenvalue weighted by atomic mass is 9.81. The van der Waals surface area contributed by atoms with Crippen LogP contribution in [-0.4, -0.2) is 72.1 Å². The van der Waals surface area contributed by atoms with E-state index in [4.69, 9.17) is 14.0 Å². The molecule has 1 aromatic rings. The van der Waals surface area contributed by atoms with E-state index < -0.39 is 39.9 Å². The Bertz CT molecular complexity index is 911. The third-order valence-corrected chi connectivity index (χ3v) is 7.52. The Morgan fingerprint density at radius 2 is 1.74 bits per heavy atom. The average Bonchev–Trinajstić information content (AvgIpc) is 3.15. The number of carbonyl (C=O) groups excluding carboxylic acids is 1. The summed E-state index contributed by atoms with van der Waals surface area (Å²) in [6, 6.07) is 0. The molecule has 1 unspecified atom stereocenters. The number of ether oxygens (including phenoxy) is 1. The molecule has 3 heterocycles. The molecule has 2 fully saturated rings. The van der Waals surface area contributed by atoms with Crippen molar-refractivity contribution in [1.29, 1.82) is 0 Å². The van der Waals surface area contributed by atoms with Crippen LogP contribution in [-0.2, 0) is 23.9 Å². The maximum atomic E-state index is 12.8. The maximum absolute atomic E-state index is 12.8. The van der Waals surface area contributed by atoms with E-state index in [1.54, 1.807) is 25.7 Å². The van der Waals surface area contributed by atoms with Crippen molar-refractivity contribution in [2.75, 3.05) is 18.8 Å². The Hall–Kier alpha value is -1.72. The molecule has 1 atom stereocenters. The van der Waals surface area contributed by atoms with Gasteiger partial charge in [0.25, 0.3) is 0 Å². The SMILES string of the molecule is CC(C)(C)OC(=O)N1CCC(CS(=O)(=O)c2ncc(B3OC(C)(C)C(C)(C)O3)cn2)C1. The molecule has 2 aliphatic rings. The first-order valence-corrected chi connectivity index (χ1v) is 12.1. The molecule has 0 spiro atoms. The Morgan fingerprint density at radius 3 is 2.26 bits per heavy atom. The van der Waals surface area contributed by atoms with Crippen LogP contribution in [0.25, 0.3) is 0 Å². The number of nitrogens with zero attached hydrogens (tertiary/aromatic N) is 3. The lowest BCUT2D eigenvalue weighted by molar-refractivity contribution is 0.00578. The van der Waals surface area contributed by atoms with Crippen molar-refractivity contribution in [1.82, 2.24) is 14.9 Å². The van der Waals surface area contributed by atoms with Gasteiger partial charge in [0.1, 0.15) is 5.60 Å². The molecule has 3 rings (SSSR count).